The van der Waals surface area contributed by atoms with Crippen LogP contribution in [0.4, 0.5) is 18.9 Å². The molecule has 6 heteroatoms. The van der Waals surface area contributed by atoms with Gasteiger partial charge in [-0.15, -0.1) is 0 Å². The van der Waals surface area contributed by atoms with Gasteiger partial charge < -0.3 is 14.8 Å². The van der Waals surface area contributed by atoms with Crippen molar-refractivity contribution in [2.75, 3.05) is 26.1 Å². The van der Waals surface area contributed by atoms with Crippen molar-refractivity contribution < 1.29 is 22.6 Å². The second-order valence-corrected chi connectivity index (χ2v) is 3.25. The molecule has 17 heavy (non-hydrogen) atoms. The maximum Gasteiger partial charge on any atom is 0.422 e. The van der Waals surface area contributed by atoms with Crippen LogP contribution in [0.3, 0.4) is 0 Å². The molecule has 0 aliphatic rings. The van der Waals surface area contributed by atoms with Crippen LogP contribution in [0.2, 0.25) is 0 Å². The molecule has 0 bridgehead atoms. The minimum absolute atomic E-state index is 0.0161. The van der Waals surface area contributed by atoms with E-state index in [4.69, 9.17) is 9.47 Å². The molecule has 0 saturated carbocycles. The summed E-state index contributed by atoms with van der Waals surface area (Å²) in [4.78, 5) is 0. The number of anilines is 1. The number of halogens is 3. The molecule has 0 radical (unpaired) electrons. The average Bonchev–Trinajstić information content (AvgIpc) is 2.27. The van der Waals surface area contributed by atoms with Crippen molar-refractivity contribution in [2.45, 2.75) is 13.1 Å². The summed E-state index contributed by atoms with van der Waals surface area (Å²) in [6.45, 7) is 2.11. The first-order valence-corrected chi connectivity index (χ1v) is 5.01. The van der Waals surface area contributed by atoms with Crippen LogP contribution in [-0.2, 0) is 6.18 Å². The lowest BCUT2D eigenvalue weighted by molar-refractivity contribution is -0.138. The molecular formula is C11H14F3NO2. The van der Waals surface area contributed by atoms with E-state index in [1.165, 1.54) is 26.4 Å². The first-order chi connectivity index (χ1) is 7.95. The van der Waals surface area contributed by atoms with Gasteiger partial charge in [-0.05, 0) is 19.1 Å². The monoisotopic (exact) mass is 249 g/mol. The fraction of sp³-hybridized carbons (Fsp3) is 0.455. The summed E-state index contributed by atoms with van der Waals surface area (Å²) in [5.41, 5.74) is -0.862. The summed E-state index contributed by atoms with van der Waals surface area (Å²) in [6.07, 6.45) is -4.50. The molecule has 0 atom stereocenters. The molecule has 0 heterocycles. The summed E-state index contributed by atoms with van der Waals surface area (Å²) < 4.78 is 48.5. The second-order valence-electron chi connectivity index (χ2n) is 3.25. The quantitative estimate of drug-likeness (QED) is 0.889. The molecule has 1 N–H and O–H groups in total. The number of hydrogen-bond donors (Lipinski definition) is 1. The Morgan fingerprint density at radius 1 is 1.18 bits per heavy atom. The van der Waals surface area contributed by atoms with Gasteiger partial charge in [0.05, 0.1) is 19.9 Å². The SMILES string of the molecule is CCNc1ccc(OC)c(OC)c1C(F)(F)F. The van der Waals surface area contributed by atoms with Crippen molar-refractivity contribution in [2.24, 2.45) is 0 Å². The summed E-state index contributed by atoms with van der Waals surface area (Å²) in [7, 11) is 2.48. The Labute approximate surface area is 97.5 Å². The van der Waals surface area contributed by atoms with E-state index in [1.54, 1.807) is 6.92 Å². The predicted molar refractivity (Wildman–Crippen MR) is 58.7 cm³/mol. The zero-order valence-corrected chi connectivity index (χ0v) is 9.81. The molecule has 0 spiro atoms. The minimum atomic E-state index is -4.50. The smallest absolute Gasteiger partial charge is 0.422 e. The number of benzene rings is 1. The lowest BCUT2D eigenvalue weighted by atomic mass is 10.1. The van der Waals surface area contributed by atoms with E-state index in [9.17, 15) is 13.2 Å². The van der Waals surface area contributed by atoms with Crippen molar-refractivity contribution in [3.63, 3.8) is 0 Å². The maximum absolute atomic E-state index is 13.0. The molecule has 0 amide bonds. The fourth-order valence-corrected chi connectivity index (χ4v) is 1.55. The summed E-state index contributed by atoms with van der Waals surface area (Å²) in [5.74, 6) is -0.250. The maximum atomic E-state index is 13.0. The fourth-order valence-electron chi connectivity index (χ4n) is 1.55. The van der Waals surface area contributed by atoms with E-state index < -0.39 is 11.7 Å². The highest BCUT2D eigenvalue weighted by molar-refractivity contribution is 5.64. The molecule has 0 aliphatic heterocycles. The van der Waals surface area contributed by atoms with Crippen molar-refractivity contribution in [3.8, 4) is 11.5 Å². The Balaban J connectivity index is 3.44. The predicted octanol–water partition coefficient (Wildman–Crippen LogP) is 3.15. The average molecular weight is 249 g/mol. The Morgan fingerprint density at radius 3 is 2.24 bits per heavy atom. The Kier molecular flexibility index (Phi) is 4.09. The van der Waals surface area contributed by atoms with Crippen molar-refractivity contribution in [1.82, 2.24) is 0 Å². The highest BCUT2D eigenvalue weighted by Gasteiger charge is 2.38. The molecule has 96 valence electrons. The van der Waals surface area contributed by atoms with E-state index in [0.29, 0.717) is 6.54 Å². The first-order valence-electron chi connectivity index (χ1n) is 5.01. The standard InChI is InChI=1S/C11H14F3NO2/c1-4-15-7-5-6-8(16-2)10(17-3)9(7)11(12,13)14/h5-6,15H,4H2,1-3H3. The number of methoxy groups -OCH3 is 2. The summed E-state index contributed by atoms with van der Waals surface area (Å²) >= 11 is 0. The van der Waals surface area contributed by atoms with E-state index in [2.05, 4.69) is 5.32 Å². The van der Waals surface area contributed by atoms with Crippen molar-refractivity contribution >= 4 is 5.69 Å². The summed E-state index contributed by atoms with van der Waals surface area (Å²) in [6, 6.07) is 2.76. The highest BCUT2D eigenvalue weighted by atomic mass is 19.4. The van der Waals surface area contributed by atoms with Crippen LogP contribution >= 0.6 is 0 Å². The Bertz CT molecular complexity index is 391. The lowest BCUT2D eigenvalue weighted by Crippen LogP contribution is -2.13. The lowest BCUT2D eigenvalue weighted by Gasteiger charge is -2.19. The third-order valence-electron chi connectivity index (χ3n) is 2.20. The number of alkyl halides is 3. The van der Waals surface area contributed by atoms with Crippen LogP contribution in [0.25, 0.3) is 0 Å². The van der Waals surface area contributed by atoms with Crippen LogP contribution in [0.5, 0.6) is 11.5 Å². The van der Waals surface area contributed by atoms with Crippen LogP contribution < -0.4 is 14.8 Å². The van der Waals surface area contributed by atoms with Gasteiger partial charge in [0.15, 0.2) is 11.5 Å². The molecule has 0 saturated heterocycles. The molecule has 1 rings (SSSR count). The van der Waals surface area contributed by atoms with Gasteiger partial charge in [0.25, 0.3) is 0 Å². The third-order valence-corrected chi connectivity index (χ3v) is 2.20. The van der Waals surface area contributed by atoms with Gasteiger partial charge in [-0.1, -0.05) is 0 Å². The minimum Gasteiger partial charge on any atom is -0.493 e. The van der Waals surface area contributed by atoms with Gasteiger partial charge in [-0.3, -0.25) is 0 Å². The van der Waals surface area contributed by atoms with E-state index in [1.807, 2.05) is 0 Å². The first kappa shape index (κ1) is 13.5. The third kappa shape index (κ3) is 2.75. The number of nitrogens with one attached hydrogen (secondary N) is 1. The molecule has 0 aromatic heterocycles. The molecule has 0 fully saturated rings. The zero-order valence-electron chi connectivity index (χ0n) is 9.81. The van der Waals surface area contributed by atoms with Gasteiger partial charge in [-0.25, -0.2) is 0 Å². The van der Waals surface area contributed by atoms with Crippen LogP contribution in [-0.4, -0.2) is 20.8 Å². The molecule has 0 unspecified atom stereocenters. The van der Waals surface area contributed by atoms with Gasteiger partial charge in [0.1, 0.15) is 5.56 Å². The molecular weight excluding hydrogens is 235 g/mol. The van der Waals surface area contributed by atoms with Crippen LogP contribution in [0.1, 0.15) is 12.5 Å². The largest absolute Gasteiger partial charge is 0.493 e. The van der Waals surface area contributed by atoms with Crippen molar-refractivity contribution in [3.05, 3.63) is 17.7 Å². The number of hydrogen-bond acceptors (Lipinski definition) is 3. The summed E-state index contributed by atoms with van der Waals surface area (Å²) in [5, 5.41) is 2.65. The van der Waals surface area contributed by atoms with Gasteiger partial charge in [0.2, 0.25) is 0 Å². The highest BCUT2D eigenvalue weighted by Crippen LogP contribution is 2.45. The van der Waals surface area contributed by atoms with E-state index >= 15 is 0 Å². The molecule has 1 aromatic carbocycles. The molecule has 1 aromatic rings. The Hall–Kier alpha value is -1.59. The normalized spacial score (nSPS) is 11.2. The molecule has 0 aliphatic carbocycles. The van der Waals surface area contributed by atoms with Gasteiger partial charge >= 0.3 is 6.18 Å². The van der Waals surface area contributed by atoms with E-state index in [-0.39, 0.29) is 17.2 Å². The second kappa shape index (κ2) is 5.16. The molecule has 3 nitrogen and oxygen atoms in total. The van der Waals surface area contributed by atoms with Gasteiger partial charge in [-0.2, -0.15) is 13.2 Å². The zero-order chi connectivity index (χ0) is 13.1. The van der Waals surface area contributed by atoms with Crippen LogP contribution in [0, 0.1) is 0 Å². The van der Waals surface area contributed by atoms with Crippen molar-refractivity contribution in [1.29, 1.82) is 0 Å². The van der Waals surface area contributed by atoms with Gasteiger partial charge in [0, 0.05) is 6.54 Å². The topological polar surface area (TPSA) is 30.5 Å². The van der Waals surface area contributed by atoms with Crippen LogP contribution in [0.15, 0.2) is 12.1 Å². The number of rotatable bonds is 4. The van der Waals surface area contributed by atoms with E-state index in [0.717, 1.165) is 0 Å². The number of ether oxygens (including phenoxy) is 2. The Morgan fingerprint density at radius 2 is 1.82 bits per heavy atom.